The van der Waals surface area contributed by atoms with Gasteiger partial charge in [-0.25, -0.2) is 0 Å². The largest absolute Gasteiger partial charge is 0.350 e. The van der Waals surface area contributed by atoms with Gasteiger partial charge in [-0.3, -0.25) is 9.59 Å². The predicted molar refractivity (Wildman–Crippen MR) is 141 cm³/mol. The second kappa shape index (κ2) is 11.5. The van der Waals surface area contributed by atoms with E-state index in [1.807, 2.05) is 107 Å². The molecule has 0 fully saturated rings. The Labute approximate surface area is 211 Å². The molecule has 0 aliphatic carbocycles. The van der Waals surface area contributed by atoms with Crippen LogP contribution in [0.5, 0.6) is 0 Å². The highest BCUT2D eigenvalue weighted by atomic mass is 79.9. The molecule has 0 saturated heterocycles. The highest BCUT2D eigenvalue weighted by Gasteiger charge is 2.32. The van der Waals surface area contributed by atoms with E-state index in [0.29, 0.717) is 13.0 Å². The topological polar surface area (TPSA) is 49.4 Å². The molecule has 3 aromatic carbocycles. The highest BCUT2D eigenvalue weighted by Crippen LogP contribution is 2.20. The van der Waals surface area contributed by atoms with Crippen LogP contribution in [-0.4, -0.2) is 28.3 Å². The zero-order valence-electron chi connectivity index (χ0n) is 20.3. The van der Waals surface area contributed by atoms with E-state index in [1.165, 1.54) is 0 Å². The maximum Gasteiger partial charge on any atom is 0.243 e. The number of carbonyl (C=O) groups excluding carboxylic acids is 2. The molecule has 0 aromatic heterocycles. The third-order valence-electron chi connectivity index (χ3n) is 5.64. The Morgan fingerprint density at radius 1 is 0.882 bits per heavy atom. The van der Waals surface area contributed by atoms with E-state index < -0.39 is 11.6 Å². The standard InChI is InChI=1S/C29H33BrN2O2/c1-21-10-8-9-13-24(21)19-27(33)32(20-23-14-16-25(30)17-15-23)26(28(34)31-29(2,3)4)18-22-11-6-5-7-12-22/h5-17,26H,18-20H2,1-4H3,(H,31,34)/t26-/m1/s1. The number of rotatable bonds is 8. The second-order valence-corrected chi connectivity index (χ2v) is 10.6. The zero-order chi connectivity index (χ0) is 24.7. The molecule has 178 valence electrons. The Hall–Kier alpha value is -2.92. The molecule has 34 heavy (non-hydrogen) atoms. The molecule has 1 atom stereocenters. The fourth-order valence-electron chi connectivity index (χ4n) is 3.87. The maximum atomic E-state index is 13.8. The van der Waals surface area contributed by atoms with Gasteiger partial charge in [-0.15, -0.1) is 0 Å². The van der Waals surface area contributed by atoms with Crippen molar-refractivity contribution in [3.8, 4) is 0 Å². The molecule has 1 N–H and O–H groups in total. The predicted octanol–water partition coefficient (Wildman–Crippen LogP) is 5.85. The van der Waals surface area contributed by atoms with Gasteiger partial charge in [0.25, 0.3) is 0 Å². The summed E-state index contributed by atoms with van der Waals surface area (Å²) in [5.74, 6) is -0.214. The van der Waals surface area contributed by atoms with Crippen LogP contribution in [0.4, 0.5) is 0 Å². The van der Waals surface area contributed by atoms with Crippen LogP contribution in [0, 0.1) is 6.92 Å². The van der Waals surface area contributed by atoms with Crippen molar-refractivity contribution < 1.29 is 9.59 Å². The van der Waals surface area contributed by atoms with Gasteiger partial charge in [0, 0.05) is 23.0 Å². The molecule has 3 aromatic rings. The summed E-state index contributed by atoms with van der Waals surface area (Å²) in [6.07, 6.45) is 0.691. The summed E-state index contributed by atoms with van der Waals surface area (Å²) >= 11 is 3.48. The van der Waals surface area contributed by atoms with Crippen molar-refractivity contribution in [2.24, 2.45) is 0 Å². The molecule has 0 bridgehead atoms. The van der Waals surface area contributed by atoms with Gasteiger partial charge in [0.05, 0.1) is 6.42 Å². The molecule has 3 rings (SSSR count). The summed E-state index contributed by atoms with van der Waals surface area (Å²) in [5.41, 5.74) is 3.62. The van der Waals surface area contributed by atoms with Crippen molar-refractivity contribution in [3.05, 3.63) is 106 Å². The molecule has 0 spiro atoms. The van der Waals surface area contributed by atoms with E-state index in [2.05, 4.69) is 21.2 Å². The molecular formula is C29H33BrN2O2. The molecular weight excluding hydrogens is 488 g/mol. The molecule has 0 aliphatic rings. The molecule has 0 unspecified atom stereocenters. The molecule has 5 heteroatoms. The summed E-state index contributed by atoms with van der Waals surface area (Å²) in [6, 6.07) is 25.0. The summed E-state index contributed by atoms with van der Waals surface area (Å²) < 4.78 is 0.973. The van der Waals surface area contributed by atoms with E-state index in [0.717, 1.165) is 26.7 Å². The van der Waals surface area contributed by atoms with Crippen molar-refractivity contribution in [3.63, 3.8) is 0 Å². The van der Waals surface area contributed by atoms with Crippen LogP contribution in [0.2, 0.25) is 0 Å². The molecule has 0 heterocycles. The van der Waals surface area contributed by atoms with E-state index >= 15 is 0 Å². The van der Waals surface area contributed by atoms with Crippen molar-refractivity contribution in [1.82, 2.24) is 10.2 Å². The van der Waals surface area contributed by atoms with Crippen LogP contribution in [0.3, 0.4) is 0 Å². The molecule has 0 saturated carbocycles. The average Bonchev–Trinajstić information content (AvgIpc) is 2.78. The minimum absolute atomic E-state index is 0.0674. The SMILES string of the molecule is Cc1ccccc1CC(=O)N(Cc1ccc(Br)cc1)[C@H](Cc1ccccc1)C(=O)NC(C)(C)C. The first-order chi connectivity index (χ1) is 16.1. The smallest absolute Gasteiger partial charge is 0.243 e. The molecule has 0 radical (unpaired) electrons. The van der Waals surface area contributed by atoms with Crippen molar-refractivity contribution in [2.75, 3.05) is 0 Å². The Bertz CT molecular complexity index is 1100. The Kier molecular flexibility index (Phi) is 8.67. The summed E-state index contributed by atoms with van der Waals surface area (Å²) in [6.45, 7) is 8.23. The second-order valence-electron chi connectivity index (χ2n) is 9.70. The third-order valence-corrected chi connectivity index (χ3v) is 6.17. The van der Waals surface area contributed by atoms with Crippen molar-refractivity contribution >= 4 is 27.7 Å². The van der Waals surface area contributed by atoms with Crippen molar-refractivity contribution in [1.29, 1.82) is 0 Å². The van der Waals surface area contributed by atoms with E-state index in [9.17, 15) is 9.59 Å². The lowest BCUT2D eigenvalue weighted by Gasteiger charge is -2.34. The van der Waals surface area contributed by atoms with Crippen LogP contribution < -0.4 is 5.32 Å². The number of halogens is 1. The number of amides is 2. The van der Waals surface area contributed by atoms with Crippen LogP contribution >= 0.6 is 15.9 Å². The summed E-state index contributed by atoms with van der Waals surface area (Å²) in [5, 5.41) is 3.10. The Morgan fingerprint density at radius 3 is 2.12 bits per heavy atom. The van der Waals surface area contributed by atoms with Crippen LogP contribution in [0.15, 0.2) is 83.3 Å². The monoisotopic (exact) mass is 520 g/mol. The first kappa shape index (κ1) is 25.7. The Balaban J connectivity index is 1.99. The zero-order valence-corrected chi connectivity index (χ0v) is 21.9. The van der Waals surface area contributed by atoms with Gasteiger partial charge in [-0.1, -0.05) is 82.7 Å². The number of hydrogen-bond acceptors (Lipinski definition) is 2. The minimum atomic E-state index is -0.637. The maximum absolute atomic E-state index is 13.8. The Morgan fingerprint density at radius 2 is 1.50 bits per heavy atom. The minimum Gasteiger partial charge on any atom is -0.350 e. The lowest BCUT2D eigenvalue weighted by molar-refractivity contribution is -0.141. The highest BCUT2D eigenvalue weighted by molar-refractivity contribution is 9.10. The van der Waals surface area contributed by atoms with Crippen LogP contribution in [0.1, 0.15) is 43.0 Å². The van der Waals surface area contributed by atoms with Crippen LogP contribution in [-0.2, 0) is 29.0 Å². The lowest BCUT2D eigenvalue weighted by atomic mass is 9.99. The van der Waals surface area contributed by atoms with E-state index in [4.69, 9.17) is 0 Å². The van der Waals surface area contributed by atoms with Gasteiger partial charge < -0.3 is 10.2 Å². The summed E-state index contributed by atoms with van der Waals surface area (Å²) in [7, 11) is 0. The molecule has 4 nitrogen and oxygen atoms in total. The third kappa shape index (κ3) is 7.56. The van der Waals surface area contributed by atoms with Gasteiger partial charge in [0.1, 0.15) is 6.04 Å². The van der Waals surface area contributed by atoms with E-state index in [-0.39, 0.29) is 18.2 Å². The number of hydrogen-bond donors (Lipinski definition) is 1. The first-order valence-corrected chi connectivity index (χ1v) is 12.4. The number of nitrogens with zero attached hydrogens (tertiary/aromatic N) is 1. The number of nitrogens with one attached hydrogen (secondary N) is 1. The fraction of sp³-hybridized carbons (Fsp3) is 0.310. The van der Waals surface area contributed by atoms with Gasteiger partial charge >= 0.3 is 0 Å². The van der Waals surface area contributed by atoms with Gasteiger partial charge in [0.15, 0.2) is 0 Å². The molecule has 0 aliphatic heterocycles. The van der Waals surface area contributed by atoms with Crippen molar-refractivity contribution in [2.45, 2.75) is 58.7 Å². The fourth-order valence-corrected chi connectivity index (χ4v) is 4.13. The van der Waals surface area contributed by atoms with Gasteiger partial charge in [-0.05, 0) is 62.1 Å². The van der Waals surface area contributed by atoms with E-state index in [1.54, 1.807) is 4.90 Å². The van der Waals surface area contributed by atoms with Crippen LogP contribution in [0.25, 0.3) is 0 Å². The van der Waals surface area contributed by atoms with Gasteiger partial charge in [-0.2, -0.15) is 0 Å². The van der Waals surface area contributed by atoms with Gasteiger partial charge in [0.2, 0.25) is 11.8 Å². The summed E-state index contributed by atoms with van der Waals surface area (Å²) in [4.78, 5) is 29.1. The molecule has 2 amide bonds. The number of benzene rings is 3. The first-order valence-electron chi connectivity index (χ1n) is 11.6. The lowest BCUT2D eigenvalue weighted by Crippen LogP contribution is -2.54. The normalized spacial score (nSPS) is 12.1. The average molecular weight is 521 g/mol. The number of aryl methyl sites for hydroxylation is 1. The quantitative estimate of drug-likeness (QED) is 0.404. The number of carbonyl (C=O) groups is 2.